The maximum Gasteiger partial charge on any atom is 0.348 e. The largest absolute Gasteiger partial charge is 0.458 e. The summed E-state index contributed by atoms with van der Waals surface area (Å²) in [5.74, 6) is 0.450. The van der Waals surface area contributed by atoms with E-state index in [1.54, 1.807) is 4.90 Å². The molecular weight excluding hydrogens is 400 g/mol. The monoisotopic (exact) mass is 422 g/mol. The van der Waals surface area contributed by atoms with Gasteiger partial charge in [-0.15, -0.1) is 11.3 Å². The van der Waals surface area contributed by atoms with Gasteiger partial charge in [0, 0.05) is 26.2 Å². The van der Waals surface area contributed by atoms with Crippen LogP contribution >= 0.6 is 22.9 Å². The van der Waals surface area contributed by atoms with Crippen LogP contribution in [0.5, 0.6) is 0 Å². The Hall–Kier alpha value is -1.93. The Labute approximate surface area is 172 Å². The fourth-order valence-corrected chi connectivity index (χ4v) is 5.22. The molecule has 9 heteroatoms. The molecule has 0 spiro atoms. The number of carbonyl (C=O) groups is 2. The third-order valence-corrected chi connectivity index (χ3v) is 6.85. The van der Waals surface area contributed by atoms with E-state index in [9.17, 15) is 9.59 Å². The molecular formula is C19H23ClN4O3S. The Bertz CT molecular complexity index is 889. The van der Waals surface area contributed by atoms with Gasteiger partial charge in [0.15, 0.2) is 0 Å². The highest BCUT2D eigenvalue weighted by atomic mass is 35.5. The zero-order valence-electron chi connectivity index (χ0n) is 15.8. The first kappa shape index (κ1) is 19.4. The highest BCUT2D eigenvalue weighted by molar-refractivity contribution is 7.20. The van der Waals surface area contributed by atoms with E-state index in [1.807, 2.05) is 6.92 Å². The SMILES string of the molecule is Cc1c(C(=O)OC2CCCCC2)sc2nc(Cl)nc(N3CCN(C=O)CC3)c12. The van der Waals surface area contributed by atoms with Crippen LogP contribution in [0, 0.1) is 6.92 Å². The van der Waals surface area contributed by atoms with Gasteiger partial charge >= 0.3 is 5.97 Å². The maximum atomic E-state index is 12.8. The number of anilines is 1. The first-order valence-electron chi connectivity index (χ1n) is 9.68. The van der Waals surface area contributed by atoms with E-state index in [0.717, 1.165) is 48.9 Å². The van der Waals surface area contributed by atoms with Gasteiger partial charge in [-0.25, -0.2) is 9.78 Å². The summed E-state index contributed by atoms with van der Waals surface area (Å²) in [4.78, 5) is 37.7. The number of aryl methyl sites for hydroxylation is 1. The molecule has 2 aromatic heterocycles. The van der Waals surface area contributed by atoms with E-state index in [-0.39, 0.29) is 17.4 Å². The highest BCUT2D eigenvalue weighted by Gasteiger charge is 2.27. The molecule has 2 aromatic rings. The molecule has 3 heterocycles. The molecule has 1 saturated heterocycles. The Morgan fingerprint density at radius 3 is 2.57 bits per heavy atom. The summed E-state index contributed by atoms with van der Waals surface area (Å²) < 4.78 is 5.76. The molecule has 1 aliphatic carbocycles. The summed E-state index contributed by atoms with van der Waals surface area (Å²) in [6.07, 6.45) is 6.19. The summed E-state index contributed by atoms with van der Waals surface area (Å²) in [6, 6.07) is 0. The standard InChI is InChI=1S/C19H23ClN4O3S/c1-12-14-16(24-9-7-23(11-25)8-10-24)21-19(20)22-17(14)28-15(12)18(26)27-13-5-3-2-4-6-13/h11,13H,2-10H2,1H3. The molecule has 28 heavy (non-hydrogen) atoms. The van der Waals surface area contributed by atoms with Crippen LogP contribution in [-0.4, -0.2) is 59.5 Å². The third kappa shape index (κ3) is 3.80. The summed E-state index contributed by atoms with van der Waals surface area (Å²) in [5.41, 5.74) is 0.838. The Morgan fingerprint density at radius 2 is 1.89 bits per heavy atom. The molecule has 0 radical (unpaired) electrons. The van der Waals surface area contributed by atoms with Crippen LogP contribution in [-0.2, 0) is 9.53 Å². The molecule has 0 N–H and O–H groups in total. The fourth-order valence-electron chi connectivity index (χ4n) is 3.94. The average molecular weight is 423 g/mol. The van der Waals surface area contributed by atoms with Crippen LogP contribution in [0.2, 0.25) is 5.28 Å². The Balaban J connectivity index is 1.64. The Morgan fingerprint density at radius 1 is 1.18 bits per heavy atom. The van der Waals surface area contributed by atoms with E-state index in [1.165, 1.54) is 17.8 Å². The summed E-state index contributed by atoms with van der Waals surface area (Å²) in [6.45, 7) is 4.51. The number of hydrogen-bond donors (Lipinski definition) is 0. The molecule has 4 rings (SSSR count). The normalized spacial score (nSPS) is 18.5. The lowest BCUT2D eigenvalue weighted by atomic mass is 9.98. The number of hydrogen-bond acceptors (Lipinski definition) is 7. The molecule has 150 valence electrons. The van der Waals surface area contributed by atoms with Crippen LogP contribution < -0.4 is 4.90 Å². The van der Waals surface area contributed by atoms with Crippen molar-refractivity contribution in [1.29, 1.82) is 0 Å². The lowest BCUT2D eigenvalue weighted by Gasteiger charge is -2.33. The van der Waals surface area contributed by atoms with E-state index in [2.05, 4.69) is 14.9 Å². The molecule has 1 amide bonds. The van der Waals surface area contributed by atoms with Gasteiger partial charge in [-0.2, -0.15) is 4.98 Å². The molecule has 1 saturated carbocycles. The molecule has 0 unspecified atom stereocenters. The number of fused-ring (bicyclic) bond motifs is 1. The second kappa shape index (κ2) is 8.21. The van der Waals surface area contributed by atoms with Crippen molar-refractivity contribution in [2.24, 2.45) is 0 Å². The zero-order valence-corrected chi connectivity index (χ0v) is 17.4. The number of rotatable bonds is 4. The second-order valence-electron chi connectivity index (χ2n) is 7.35. The number of piperazine rings is 1. The molecule has 0 aromatic carbocycles. The topological polar surface area (TPSA) is 75.6 Å². The maximum absolute atomic E-state index is 12.8. The first-order valence-corrected chi connectivity index (χ1v) is 10.9. The Kier molecular flexibility index (Phi) is 5.68. The second-order valence-corrected chi connectivity index (χ2v) is 8.68. The van der Waals surface area contributed by atoms with Gasteiger partial charge in [0.05, 0.1) is 5.39 Å². The number of aromatic nitrogens is 2. The predicted octanol–water partition coefficient (Wildman–Crippen LogP) is 3.42. The number of halogens is 1. The lowest BCUT2D eigenvalue weighted by Crippen LogP contribution is -2.46. The van der Waals surface area contributed by atoms with Crippen molar-refractivity contribution >= 4 is 51.4 Å². The number of amides is 1. The fraction of sp³-hybridized carbons (Fsp3) is 0.579. The van der Waals surface area contributed by atoms with Crippen LogP contribution in [0.3, 0.4) is 0 Å². The average Bonchev–Trinajstić information content (AvgIpc) is 3.04. The van der Waals surface area contributed by atoms with Crippen molar-refractivity contribution in [2.45, 2.75) is 45.1 Å². The van der Waals surface area contributed by atoms with Gasteiger partial charge in [-0.05, 0) is 49.8 Å². The van der Waals surface area contributed by atoms with Crippen LogP contribution in [0.1, 0.15) is 47.3 Å². The highest BCUT2D eigenvalue weighted by Crippen LogP contribution is 2.37. The molecule has 0 atom stereocenters. The number of ether oxygens (including phenoxy) is 1. The van der Waals surface area contributed by atoms with Gasteiger partial charge in [0.25, 0.3) is 0 Å². The van der Waals surface area contributed by atoms with Gasteiger partial charge < -0.3 is 14.5 Å². The van der Waals surface area contributed by atoms with Crippen molar-refractivity contribution < 1.29 is 14.3 Å². The predicted molar refractivity (Wildman–Crippen MR) is 109 cm³/mol. The van der Waals surface area contributed by atoms with Gasteiger partial charge in [0.1, 0.15) is 21.6 Å². The van der Waals surface area contributed by atoms with Crippen molar-refractivity contribution in [2.75, 3.05) is 31.1 Å². The van der Waals surface area contributed by atoms with Crippen molar-refractivity contribution in [3.8, 4) is 0 Å². The van der Waals surface area contributed by atoms with Crippen LogP contribution in [0.4, 0.5) is 5.82 Å². The molecule has 1 aliphatic heterocycles. The zero-order chi connectivity index (χ0) is 19.7. The minimum atomic E-state index is -0.278. The third-order valence-electron chi connectivity index (χ3n) is 5.52. The van der Waals surface area contributed by atoms with E-state index in [0.29, 0.717) is 35.9 Å². The van der Waals surface area contributed by atoms with E-state index in [4.69, 9.17) is 16.3 Å². The number of nitrogens with zero attached hydrogens (tertiary/aromatic N) is 4. The summed E-state index contributed by atoms with van der Waals surface area (Å²) >= 11 is 7.49. The van der Waals surface area contributed by atoms with Crippen LogP contribution in [0.15, 0.2) is 0 Å². The van der Waals surface area contributed by atoms with Crippen molar-refractivity contribution in [3.63, 3.8) is 0 Å². The lowest BCUT2D eigenvalue weighted by molar-refractivity contribution is -0.118. The number of carbonyl (C=O) groups excluding carboxylic acids is 2. The minimum Gasteiger partial charge on any atom is -0.458 e. The van der Waals surface area contributed by atoms with Crippen molar-refractivity contribution in [1.82, 2.24) is 14.9 Å². The van der Waals surface area contributed by atoms with Crippen LogP contribution in [0.25, 0.3) is 10.2 Å². The van der Waals surface area contributed by atoms with E-state index < -0.39 is 0 Å². The van der Waals surface area contributed by atoms with Crippen molar-refractivity contribution in [3.05, 3.63) is 15.7 Å². The minimum absolute atomic E-state index is 0.0106. The molecule has 0 bridgehead atoms. The number of esters is 1. The van der Waals surface area contributed by atoms with Gasteiger partial charge in [-0.3, -0.25) is 4.79 Å². The summed E-state index contributed by atoms with van der Waals surface area (Å²) in [7, 11) is 0. The molecule has 7 nitrogen and oxygen atoms in total. The van der Waals surface area contributed by atoms with E-state index >= 15 is 0 Å². The quantitative estimate of drug-likeness (QED) is 0.427. The summed E-state index contributed by atoms with van der Waals surface area (Å²) in [5, 5.41) is 1.01. The molecule has 2 fully saturated rings. The smallest absolute Gasteiger partial charge is 0.348 e. The number of thiophene rings is 1. The van der Waals surface area contributed by atoms with Gasteiger partial charge in [0.2, 0.25) is 11.7 Å². The molecule has 2 aliphatic rings. The van der Waals surface area contributed by atoms with Gasteiger partial charge in [-0.1, -0.05) is 6.42 Å². The first-order chi connectivity index (χ1) is 13.6.